The van der Waals surface area contributed by atoms with Crippen LogP contribution in [0.5, 0.6) is 0 Å². The lowest BCUT2D eigenvalue weighted by molar-refractivity contribution is 0.577. The van der Waals surface area contributed by atoms with Crippen molar-refractivity contribution in [3.63, 3.8) is 0 Å². The Morgan fingerprint density at radius 2 is 2.00 bits per heavy atom. The van der Waals surface area contributed by atoms with Gasteiger partial charge in [0.2, 0.25) is 0 Å². The summed E-state index contributed by atoms with van der Waals surface area (Å²) in [7, 11) is 0. The molecule has 0 radical (unpaired) electrons. The molecule has 0 aliphatic heterocycles. The molecule has 1 aromatic carbocycles. The second-order valence-corrected chi connectivity index (χ2v) is 7.04. The number of hydrogen-bond acceptors (Lipinski definition) is 2. The van der Waals surface area contributed by atoms with Crippen molar-refractivity contribution in [2.24, 2.45) is 0 Å². The fourth-order valence-corrected chi connectivity index (χ4v) is 3.22. The molecule has 1 rings (SSSR count). The fraction of sp³-hybridized carbons (Fsp3) is 0.600. The van der Waals surface area contributed by atoms with Crippen LogP contribution in [0.25, 0.3) is 0 Å². The van der Waals surface area contributed by atoms with Crippen molar-refractivity contribution in [3.05, 3.63) is 33.8 Å². The molecule has 4 heteroatoms. The molecule has 0 aromatic heterocycles. The molecule has 0 heterocycles. The monoisotopic (exact) mass is 319 g/mol. The summed E-state index contributed by atoms with van der Waals surface area (Å²) >= 11 is 14.4. The molecule has 0 aliphatic carbocycles. The van der Waals surface area contributed by atoms with Gasteiger partial charge in [-0.1, -0.05) is 44.0 Å². The van der Waals surface area contributed by atoms with Gasteiger partial charge in [-0.25, -0.2) is 0 Å². The zero-order chi connectivity index (χ0) is 14.3. The Morgan fingerprint density at radius 3 is 2.63 bits per heavy atom. The molecule has 1 aromatic rings. The van der Waals surface area contributed by atoms with Crippen molar-refractivity contribution in [1.29, 1.82) is 0 Å². The lowest BCUT2D eigenvalue weighted by atomic mass is 10.1. The number of hydrogen-bond donors (Lipinski definition) is 1. The van der Waals surface area contributed by atoms with Gasteiger partial charge in [0.25, 0.3) is 0 Å². The standard InChI is InChI=1S/C15H23Cl2NS/c1-4-8-18-15(10-19-11(3)5-2)13-9-12(16)6-7-14(13)17/h6-7,9,11,15,18H,4-5,8,10H2,1-3H3. The summed E-state index contributed by atoms with van der Waals surface area (Å²) in [5.74, 6) is 1.02. The van der Waals surface area contributed by atoms with Gasteiger partial charge in [-0.3, -0.25) is 0 Å². The van der Waals surface area contributed by atoms with Crippen LogP contribution < -0.4 is 5.32 Å². The average molecular weight is 320 g/mol. The third kappa shape index (κ3) is 5.95. The van der Waals surface area contributed by atoms with Crippen LogP contribution in [0.1, 0.15) is 45.2 Å². The van der Waals surface area contributed by atoms with Gasteiger partial charge in [0.1, 0.15) is 0 Å². The van der Waals surface area contributed by atoms with Crippen LogP contribution in [-0.4, -0.2) is 17.5 Å². The maximum Gasteiger partial charge on any atom is 0.0455 e. The molecule has 2 unspecified atom stereocenters. The Hall–Kier alpha value is 0.110. The first-order valence-electron chi connectivity index (χ1n) is 6.88. The molecule has 0 saturated heterocycles. The second kappa shape index (κ2) is 9.12. The molecular formula is C15H23Cl2NS. The molecule has 0 bridgehead atoms. The van der Waals surface area contributed by atoms with E-state index >= 15 is 0 Å². The minimum absolute atomic E-state index is 0.269. The van der Waals surface area contributed by atoms with Crippen LogP contribution in [0.15, 0.2) is 18.2 Å². The molecule has 0 amide bonds. The third-order valence-corrected chi connectivity index (χ3v) is 5.10. The van der Waals surface area contributed by atoms with Gasteiger partial charge in [0, 0.05) is 27.1 Å². The summed E-state index contributed by atoms with van der Waals surface area (Å²) in [6.07, 6.45) is 2.30. The van der Waals surface area contributed by atoms with E-state index < -0.39 is 0 Å². The summed E-state index contributed by atoms with van der Waals surface area (Å²) in [4.78, 5) is 0. The fourth-order valence-electron chi connectivity index (χ4n) is 1.74. The van der Waals surface area contributed by atoms with Crippen molar-refractivity contribution >= 4 is 35.0 Å². The number of rotatable bonds is 8. The molecule has 2 atom stereocenters. The van der Waals surface area contributed by atoms with Crippen LogP contribution >= 0.6 is 35.0 Å². The topological polar surface area (TPSA) is 12.0 Å². The van der Waals surface area contributed by atoms with Gasteiger partial charge in [0.05, 0.1) is 0 Å². The Balaban J connectivity index is 2.79. The van der Waals surface area contributed by atoms with E-state index in [4.69, 9.17) is 23.2 Å². The first-order valence-corrected chi connectivity index (χ1v) is 8.68. The number of benzene rings is 1. The highest BCUT2D eigenvalue weighted by Crippen LogP contribution is 2.30. The minimum atomic E-state index is 0.269. The first kappa shape index (κ1) is 17.2. The van der Waals surface area contributed by atoms with Crippen LogP contribution in [0.3, 0.4) is 0 Å². The molecule has 19 heavy (non-hydrogen) atoms. The second-order valence-electron chi connectivity index (χ2n) is 4.72. The smallest absolute Gasteiger partial charge is 0.0455 e. The maximum absolute atomic E-state index is 6.31. The summed E-state index contributed by atoms with van der Waals surface area (Å²) in [6.45, 7) is 7.65. The highest BCUT2D eigenvalue weighted by atomic mass is 35.5. The lowest BCUT2D eigenvalue weighted by Crippen LogP contribution is -2.25. The predicted octanol–water partition coefficient (Wildman–Crippen LogP) is 5.57. The quantitative estimate of drug-likeness (QED) is 0.672. The van der Waals surface area contributed by atoms with Gasteiger partial charge >= 0.3 is 0 Å². The van der Waals surface area contributed by atoms with Crippen LogP contribution in [-0.2, 0) is 0 Å². The van der Waals surface area contributed by atoms with E-state index in [1.165, 1.54) is 6.42 Å². The molecular weight excluding hydrogens is 297 g/mol. The van der Waals surface area contributed by atoms with Crippen molar-refractivity contribution in [1.82, 2.24) is 5.32 Å². The van der Waals surface area contributed by atoms with Gasteiger partial charge in [-0.05, 0) is 43.1 Å². The van der Waals surface area contributed by atoms with Crippen molar-refractivity contribution in [2.75, 3.05) is 12.3 Å². The van der Waals surface area contributed by atoms with Gasteiger partial charge in [-0.15, -0.1) is 0 Å². The summed E-state index contributed by atoms with van der Waals surface area (Å²) in [6, 6.07) is 5.97. The highest BCUT2D eigenvalue weighted by molar-refractivity contribution is 7.99. The Morgan fingerprint density at radius 1 is 1.26 bits per heavy atom. The SMILES string of the molecule is CCCNC(CSC(C)CC)c1cc(Cl)ccc1Cl. The van der Waals surface area contributed by atoms with Gasteiger partial charge < -0.3 is 5.32 Å². The zero-order valence-corrected chi connectivity index (χ0v) is 14.2. The third-order valence-electron chi connectivity index (χ3n) is 3.10. The molecule has 0 saturated carbocycles. The summed E-state index contributed by atoms with van der Waals surface area (Å²) < 4.78 is 0. The molecule has 1 nitrogen and oxygen atoms in total. The highest BCUT2D eigenvalue weighted by Gasteiger charge is 2.16. The van der Waals surface area contributed by atoms with Crippen LogP contribution in [0.4, 0.5) is 0 Å². The number of halogens is 2. The van der Waals surface area contributed by atoms with Gasteiger partial charge in [0.15, 0.2) is 0 Å². The lowest BCUT2D eigenvalue weighted by Gasteiger charge is -2.21. The minimum Gasteiger partial charge on any atom is -0.309 e. The van der Waals surface area contributed by atoms with E-state index in [9.17, 15) is 0 Å². The first-order chi connectivity index (χ1) is 9.08. The molecule has 0 spiro atoms. The van der Waals surface area contributed by atoms with Crippen molar-refractivity contribution in [3.8, 4) is 0 Å². The molecule has 108 valence electrons. The predicted molar refractivity (Wildman–Crippen MR) is 89.7 cm³/mol. The van der Waals surface area contributed by atoms with E-state index in [1.54, 1.807) is 0 Å². The van der Waals surface area contributed by atoms with E-state index in [0.29, 0.717) is 5.25 Å². The number of thioether (sulfide) groups is 1. The summed E-state index contributed by atoms with van der Waals surface area (Å²) in [5.41, 5.74) is 1.11. The van der Waals surface area contributed by atoms with Gasteiger partial charge in [-0.2, -0.15) is 11.8 Å². The normalized spacial score (nSPS) is 14.4. The molecule has 0 fully saturated rings. The van der Waals surface area contributed by atoms with Crippen LogP contribution in [0.2, 0.25) is 10.0 Å². The Bertz CT molecular complexity index is 384. The number of nitrogens with one attached hydrogen (secondary N) is 1. The summed E-state index contributed by atoms with van der Waals surface area (Å²) in [5, 5.41) is 5.78. The maximum atomic E-state index is 6.31. The molecule has 1 N–H and O–H groups in total. The van der Waals surface area contributed by atoms with E-state index in [0.717, 1.165) is 34.3 Å². The Labute approximate surface area is 131 Å². The van der Waals surface area contributed by atoms with E-state index in [1.807, 2.05) is 30.0 Å². The molecule has 0 aliphatic rings. The van der Waals surface area contributed by atoms with Crippen molar-refractivity contribution < 1.29 is 0 Å². The van der Waals surface area contributed by atoms with E-state index in [-0.39, 0.29) is 6.04 Å². The van der Waals surface area contributed by atoms with Crippen LogP contribution in [0, 0.1) is 0 Å². The Kier molecular flexibility index (Phi) is 8.24. The largest absolute Gasteiger partial charge is 0.309 e. The zero-order valence-electron chi connectivity index (χ0n) is 11.9. The van der Waals surface area contributed by atoms with E-state index in [2.05, 4.69) is 26.1 Å². The van der Waals surface area contributed by atoms with Crippen molar-refractivity contribution in [2.45, 2.75) is 44.9 Å². The average Bonchev–Trinajstić information content (AvgIpc) is 2.41.